The maximum Gasteiger partial charge on any atom is 0.244 e. The zero-order valence-electron chi connectivity index (χ0n) is 10.7. The van der Waals surface area contributed by atoms with Gasteiger partial charge in [0.15, 0.2) is 0 Å². The van der Waals surface area contributed by atoms with Crippen LogP contribution in [-0.4, -0.2) is 37.5 Å². The fourth-order valence-electron chi connectivity index (χ4n) is 2.04. The number of hydrogen-bond acceptors (Lipinski definition) is 4. The molecule has 1 saturated heterocycles. The molecule has 2 rings (SSSR count). The standard InChI is InChI=1S/C12H17NO3S2/c1-9-8-11(4-5-12(9)16-3)18(14,15)13-6-7-17-10(13)2/h4-5,8,10H,6-7H2,1-3H3/t10-/m1/s1. The third-order valence-electron chi connectivity index (χ3n) is 3.05. The Kier molecular flexibility index (Phi) is 3.89. The van der Waals surface area contributed by atoms with E-state index in [0.717, 1.165) is 11.3 Å². The molecule has 4 nitrogen and oxygen atoms in total. The van der Waals surface area contributed by atoms with Gasteiger partial charge >= 0.3 is 0 Å². The minimum Gasteiger partial charge on any atom is -0.496 e. The topological polar surface area (TPSA) is 46.6 Å². The molecule has 1 aromatic rings. The first kappa shape index (κ1) is 13.7. The molecule has 0 saturated carbocycles. The first-order chi connectivity index (χ1) is 8.46. The number of benzene rings is 1. The Hall–Kier alpha value is -0.720. The van der Waals surface area contributed by atoms with Crippen molar-refractivity contribution in [3.63, 3.8) is 0 Å². The monoisotopic (exact) mass is 287 g/mol. The van der Waals surface area contributed by atoms with Gasteiger partial charge in [-0.2, -0.15) is 4.31 Å². The normalized spacial score (nSPS) is 21.2. The van der Waals surface area contributed by atoms with Gasteiger partial charge in [-0.15, -0.1) is 11.8 Å². The van der Waals surface area contributed by atoms with Crippen LogP contribution in [0, 0.1) is 6.92 Å². The second kappa shape index (κ2) is 5.11. The van der Waals surface area contributed by atoms with Crippen LogP contribution in [0.1, 0.15) is 12.5 Å². The summed E-state index contributed by atoms with van der Waals surface area (Å²) in [6, 6.07) is 4.98. The molecule has 1 aliphatic rings. The summed E-state index contributed by atoms with van der Waals surface area (Å²) in [5, 5.41) is 0.0115. The third-order valence-corrected chi connectivity index (χ3v) is 6.30. The number of hydrogen-bond donors (Lipinski definition) is 0. The van der Waals surface area contributed by atoms with E-state index in [1.807, 2.05) is 13.8 Å². The lowest BCUT2D eigenvalue weighted by Crippen LogP contribution is -2.33. The maximum absolute atomic E-state index is 12.5. The average molecular weight is 287 g/mol. The molecule has 0 spiro atoms. The summed E-state index contributed by atoms with van der Waals surface area (Å²) in [5.41, 5.74) is 0.832. The van der Waals surface area contributed by atoms with Crippen molar-refractivity contribution in [1.29, 1.82) is 0 Å². The molecule has 18 heavy (non-hydrogen) atoms. The largest absolute Gasteiger partial charge is 0.496 e. The fourth-order valence-corrected chi connectivity index (χ4v) is 5.15. The Labute approximate surface area is 112 Å². The van der Waals surface area contributed by atoms with Crippen LogP contribution in [0.5, 0.6) is 5.75 Å². The highest BCUT2D eigenvalue weighted by Gasteiger charge is 2.33. The Bertz CT molecular complexity index is 542. The van der Waals surface area contributed by atoms with Crippen molar-refractivity contribution >= 4 is 21.8 Å². The van der Waals surface area contributed by atoms with Crippen molar-refractivity contribution in [1.82, 2.24) is 4.31 Å². The molecule has 1 aromatic carbocycles. The smallest absolute Gasteiger partial charge is 0.244 e. The van der Waals surface area contributed by atoms with Crippen molar-refractivity contribution in [3.8, 4) is 5.75 Å². The van der Waals surface area contributed by atoms with E-state index in [1.54, 1.807) is 41.4 Å². The van der Waals surface area contributed by atoms with E-state index in [2.05, 4.69) is 0 Å². The lowest BCUT2D eigenvalue weighted by Gasteiger charge is -2.20. The molecule has 1 aliphatic heterocycles. The van der Waals surface area contributed by atoms with Crippen molar-refractivity contribution in [2.45, 2.75) is 24.1 Å². The van der Waals surface area contributed by atoms with Crippen molar-refractivity contribution in [2.75, 3.05) is 19.4 Å². The molecule has 0 radical (unpaired) electrons. The molecule has 0 N–H and O–H groups in total. The van der Waals surface area contributed by atoms with Crippen LogP contribution >= 0.6 is 11.8 Å². The molecule has 0 bridgehead atoms. The molecule has 0 aromatic heterocycles. The van der Waals surface area contributed by atoms with Crippen molar-refractivity contribution in [2.24, 2.45) is 0 Å². The fraction of sp³-hybridized carbons (Fsp3) is 0.500. The second-order valence-corrected chi connectivity index (χ2v) is 7.53. The van der Waals surface area contributed by atoms with Crippen LogP contribution in [0.25, 0.3) is 0 Å². The molecular formula is C12H17NO3S2. The van der Waals surface area contributed by atoms with E-state index in [-0.39, 0.29) is 5.37 Å². The zero-order chi connectivity index (χ0) is 13.3. The van der Waals surface area contributed by atoms with Crippen molar-refractivity contribution in [3.05, 3.63) is 23.8 Å². The number of ether oxygens (including phenoxy) is 1. The second-order valence-electron chi connectivity index (χ2n) is 4.22. The Morgan fingerprint density at radius 3 is 2.67 bits per heavy atom. The van der Waals surface area contributed by atoms with Gasteiger partial charge in [-0.3, -0.25) is 0 Å². The average Bonchev–Trinajstić information content (AvgIpc) is 2.76. The molecule has 1 fully saturated rings. The lowest BCUT2D eigenvalue weighted by atomic mass is 10.2. The van der Waals surface area contributed by atoms with Gasteiger partial charge < -0.3 is 4.74 Å². The SMILES string of the molecule is COc1ccc(S(=O)(=O)N2CCS[C@@H]2C)cc1C. The predicted octanol–water partition coefficient (Wildman–Crippen LogP) is 2.09. The Morgan fingerprint density at radius 2 is 2.17 bits per heavy atom. The predicted molar refractivity (Wildman–Crippen MR) is 73.5 cm³/mol. The Morgan fingerprint density at radius 1 is 1.44 bits per heavy atom. The summed E-state index contributed by atoms with van der Waals surface area (Å²) in [4.78, 5) is 0.343. The Balaban J connectivity index is 2.38. The summed E-state index contributed by atoms with van der Waals surface area (Å²) in [7, 11) is -1.80. The third kappa shape index (κ3) is 2.37. The molecule has 0 amide bonds. The summed E-state index contributed by atoms with van der Waals surface area (Å²) >= 11 is 1.66. The van der Waals surface area contributed by atoms with E-state index in [9.17, 15) is 8.42 Å². The van der Waals surface area contributed by atoms with E-state index in [4.69, 9.17) is 4.74 Å². The number of aryl methyl sites for hydroxylation is 1. The van der Waals surface area contributed by atoms with Gasteiger partial charge in [-0.25, -0.2) is 8.42 Å². The van der Waals surface area contributed by atoms with Crippen LogP contribution in [0.4, 0.5) is 0 Å². The van der Waals surface area contributed by atoms with Gasteiger partial charge in [-0.1, -0.05) is 0 Å². The van der Waals surface area contributed by atoms with Gasteiger partial charge in [-0.05, 0) is 37.6 Å². The van der Waals surface area contributed by atoms with Crippen LogP contribution < -0.4 is 4.74 Å². The maximum atomic E-state index is 12.5. The number of sulfonamides is 1. The van der Waals surface area contributed by atoms with Crippen molar-refractivity contribution < 1.29 is 13.2 Å². The zero-order valence-corrected chi connectivity index (χ0v) is 12.3. The number of thioether (sulfide) groups is 1. The number of rotatable bonds is 3. The van der Waals surface area contributed by atoms with Gasteiger partial charge in [0.1, 0.15) is 5.75 Å². The van der Waals surface area contributed by atoms with Gasteiger partial charge in [0.25, 0.3) is 0 Å². The van der Waals surface area contributed by atoms with Gasteiger partial charge in [0.2, 0.25) is 10.0 Å². The summed E-state index contributed by atoms with van der Waals surface area (Å²) in [6.45, 7) is 4.35. The van der Waals surface area contributed by atoms with E-state index in [0.29, 0.717) is 17.2 Å². The molecule has 1 heterocycles. The van der Waals surface area contributed by atoms with Crippen LogP contribution in [0.15, 0.2) is 23.1 Å². The van der Waals surface area contributed by atoms with E-state index in [1.165, 1.54) is 0 Å². The molecular weight excluding hydrogens is 270 g/mol. The molecule has 0 unspecified atom stereocenters. The highest BCUT2D eigenvalue weighted by Crippen LogP contribution is 2.31. The van der Waals surface area contributed by atoms with Crippen LogP contribution in [0.3, 0.4) is 0 Å². The molecule has 0 aliphatic carbocycles. The lowest BCUT2D eigenvalue weighted by molar-refractivity contribution is 0.411. The quantitative estimate of drug-likeness (QED) is 0.854. The summed E-state index contributed by atoms with van der Waals surface area (Å²) in [5.74, 6) is 1.56. The first-order valence-corrected chi connectivity index (χ1v) is 8.24. The first-order valence-electron chi connectivity index (χ1n) is 5.75. The van der Waals surface area contributed by atoms with E-state index < -0.39 is 10.0 Å². The minimum absolute atomic E-state index is 0.0115. The molecule has 100 valence electrons. The number of methoxy groups -OCH3 is 1. The summed E-state index contributed by atoms with van der Waals surface area (Å²) < 4.78 is 31.6. The highest BCUT2D eigenvalue weighted by molar-refractivity contribution is 8.01. The van der Waals surface area contributed by atoms with Gasteiger partial charge in [0, 0.05) is 12.3 Å². The molecule has 6 heteroatoms. The van der Waals surface area contributed by atoms with Crippen LogP contribution in [-0.2, 0) is 10.0 Å². The minimum atomic E-state index is -3.38. The van der Waals surface area contributed by atoms with E-state index >= 15 is 0 Å². The van der Waals surface area contributed by atoms with Gasteiger partial charge in [0.05, 0.1) is 17.4 Å². The molecule has 1 atom stereocenters. The van der Waals surface area contributed by atoms with Crippen LogP contribution in [0.2, 0.25) is 0 Å². The summed E-state index contributed by atoms with van der Waals surface area (Å²) in [6.07, 6.45) is 0. The number of nitrogens with zero attached hydrogens (tertiary/aromatic N) is 1. The highest BCUT2D eigenvalue weighted by atomic mass is 32.2.